The predicted octanol–water partition coefficient (Wildman–Crippen LogP) is 2.08. The second-order valence-electron chi connectivity index (χ2n) is 3.98. The lowest BCUT2D eigenvalue weighted by molar-refractivity contribution is -0.145. The third-order valence-electron chi connectivity index (χ3n) is 3.25. The van der Waals surface area contributed by atoms with Crippen LogP contribution in [0.5, 0.6) is 0 Å². The zero-order valence-electron chi connectivity index (χ0n) is 8.04. The highest BCUT2D eigenvalue weighted by atomic mass is 32.2. The van der Waals surface area contributed by atoms with Crippen molar-refractivity contribution in [3.05, 3.63) is 0 Å². The van der Waals surface area contributed by atoms with E-state index in [1.54, 1.807) is 0 Å². The Morgan fingerprint density at radius 3 is 2.85 bits per heavy atom. The number of hydrogen-bond donors (Lipinski definition) is 0. The Balaban J connectivity index is 1.88. The maximum atomic E-state index is 11.4. The summed E-state index contributed by atoms with van der Waals surface area (Å²) < 4.78 is 5.05. The van der Waals surface area contributed by atoms with Gasteiger partial charge >= 0.3 is 5.97 Å². The van der Waals surface area contributed by atoms with Crippen molar-refractivity contribution >= 4 is 17.7 Å². The molecule has 1 unspecified atom stereocenters. The van der Waals surface area contributed by atoms with E-state index in [0.717, 1.165) is 6.42 Å². The van der Waals surface area contributed by atoms with Crippen molar-refractivity contribution in [2.75, 3.05) is 18.1 Å². The van der Waals surface area contributed by atoms with Gasteiger partial charge in [-0.3, -0.25) is 4.79 Å². The summed E-state index contributed by atoms with van der Waals surface area (Å²) in [6.07, 6.45) is 3.54. The number of carbonyl (C=O) groups excluding carboxylic acids is 1. The van der Waals surface area contributed by atoms with Crippen LogP contribution >= 0.6 is 11.8 Å². The Morgan fingerprint density at radius 1 is 1.54 bits per heavy atom. The molecule has 74 valence electrons. The van der Waals surface area contributed by atoms with Crippen molar-refractivity contribution in [1.29, 1.82) is 0 Å². The minimum atomic E-state index is 0.0504. The van der Waals surface area contributed by atoms with E-state index in [1.807, 2.05) is 18.7 Å². The smallest absolute Gasteiger partial charge is 0.309 e. The second-order valence-corrected chi connectivity index (χ2v) is 5.21. The van der Waals surface area contributed by atoms with Crippen LogP contribution in [0.2, 0.25) is 0 Å². The van der Waals surface area contributed by atoms with Crippen molar-refractivity contribution in [1.82, 2.24) is 0 Å². The molecule has 1 atom stereocenters. The Kier molecular flexibility index (Phi) is 2.54. The first kappa shape index (κ1) is 9.38. The van der Waals surface area contributed by atoms with Crippen molar-refractivity contribution in [3.8, 4) is 0 Å². The Hall–Kier alpha value is -0.180. The molecule has 1 heterocycles. The van der Waals surface area contributed by atoms with Gasteiger partial charge in [-0.2, -0.15) is 11.8 Å². The molecule has 0 aromatic heterocycles. The van der Waals surface area contributed by atoms with E-state index < -0.39 is 0 Å². The molecule has 0 N–H and O–H groups in total. The van der Waals surface area contributed by atoms with Gasteiger partial charge in [-0.05, 0) is 43.1 Å². The van der Waals surface area contributed by atoms with Gasteiger partial charge < -0.3 is 4.74 Å². The third-order valence-corrected chi connectivity index (χ3v) is 4.24. The van der Waals surface area contributed by atoms with Gasteiger partial charge in [-0.15, -0.1) is 0 Å². The highest BCUT2D eigenvalue weighted by molar-refractivity contribution is 7.99. The maximum Gasteiger partial charge on any atom is 0.309 e. The van der Waals surface area contributed by atoms with Crippen LogP contribution in [0.15, 0.2) is 0 Å². The average Bonchev–Trinajstić information content (AvgIpc) is 2.81. The lowest BCUT2D eigenvalue weighted by atomic mass is 9.96. The Bertz CT molecular complexity index is 209. The van der Waals surface area contributed by atoms with Crippen LogP contribution in [0, 0.1) is 11.3 Å². The third kappa shape index (κ3) is 1.71. The van der Waals surface area contributed by atoms with Gasteiger partial charge in [0.1, 0.15) is 0 Å². The lowest BCUT2D eigenvalue weighted by Gasteiger charge is -2.21. The topological polar surface area (TPSA) is 26.3 Å². The number of hydrogen-bond acceptors (Lipinski definition) is 3. The quantitative estimate of drug-likeness (QED) is 0.638. The Morgan fingerprint density at radius 2 is 2.23 bits per heavy atom. The molecule has 13 heavy (non-hydrogen) atoms. The fraction of sp³-hybridized carbons (Fsp3) is 0.900. The normalized spacial score (nSPS) is 30.1. The van der Waals surface area contributed by atoms with Gasteiger partial charge in [0.25, 0.3) is 0 Å². The summed E-state index contributed by atoms with van der Waals surface area (Å²) in [5.41, 5.74) is 0.373. The molecule has 3 heteroatoms. The summed E-state index contributed by atoms with van der Waals surface area (Å²) in [7, 11) is 0. The van der Waals surface area contributed by atoms with Crippen LogP contribution in [0.3, 0.4) is 0 Å². The van der Waals surface area contributed by atoms with Crippen molar-refractivity contribution in [3.63, 3.8) is 0 Å². The Labute approximate surface area is 83.4 Å². The van der Waals surface area contributed by atoms with Gasteiger partial charge in [-0.25, -0.2) is 0 Å². The summed E-state index contributed by atoms with van der Waals surface area (Å²) in [5.74, 6) is 2.76. The second kappa shape index (κ2) is 3.52. The largest absolute Gasteiger partial charge is 0.466 e. The number of carbonyl (C=O) groups is 1. The minimum Gasteiger partial charge on any atom is -0.466 e. The molecule has 1 aliphatic carbocycles. The van der Waals surface area contributed by atoms with Crippen LogP contribution in [-0.4, -0.2) is 24.1 Å². The number of esters is 1. The summed E-state index contributed by atoms with van der Waals surface area (Å²) in [5, 5.41) is 0. The van der Waals surface area contributed by atoms with Crippen LogP contribution in [0.1, 0.15) is 26.2 Å². The molecule has 1 saturated carbocycles. The average molecular weight is 200 g/mol. The lowest BCUT2D eigenvalue weighted by Crippen LogP contribution is -2.18. The minimum absolute atomic E-state index is 0.0504. The first-order valence-electron chi connectivity index (χ1n) is 5.03. The standard InChI is InChI=1S/C10H16O2S/c1-2-12-9(11)8-7-10(8)3-5-13-6-4-10/h8H,2-7H2,1H3. The summed E-state index contributed by atoms with van der Waals surface area (Å²) in [6, 6.07) is 0. The summed E-state index contributed by atoms with van der Waals surface area (Å²) >= 11 is 2.01. The van der Waals surface area contributed by atoms with E-state index in [0.29, 0.717) is 12.0 Å². The van der Waals surface area contributed by atoms with Crippen LogP contribution < -0.4 is 0 Å². The van der Waals surface area contributed by atoms with Gasteiger partial charge in [0.2, 0.25) is 0 Å². The molecule has 2 aliphatic rings. The maximum absolute atomic E-state index is 11.4. The van der Waals surface area contributed by atoms with E-state index in [4.69, 9.17) is 4.74 Å². The van der Waals surface area contributed by atoms with Crippen molar-refractivity contribution < 1.29 is 9.53 Å². The zero-order chi connectivity index (χ0) is 9.31. The number of thioether (sulfide) groups is 1. The molecule has 0 aromatic carbocycles. The fourth-order valence-corrected chi connectivity index (χ4v) is 3.56. The SMILES string of the molecule is CCOC(=O)C1CC12CCSCC2. The van der Waals surface area contributed by atoms with E-state index in [-0.39, 0.29) is 11.9 Å². The predicted molar refractivity (Wildman–Crippen MR) is 53.7 cm³/mol. The molecular formula is C10H16O2S. The molecule has 1 spiro atoms. The molecule has 2 nitrogen and oxygen atoms in total. The number of ether oxygens (including phenoxy) is 1. The fourth-order valence-electron chi connectivity index (χ4n) is 2.25. The molecule has 2 rings (SSSR count). The van der Waals surface area contributed by atoms with Gasteiger partial charge in [0, 0.05) is 0 Å². The molecular weight excluding hydrogens is 184 g/mol. The first-order valence-corrected chi connectivity index (χ1v) is 6.18. The highest BCUT2D eigenvalue weighted by Crippen LogP contribution is 2.60. The molecule has 0 bridgehead atoms. The highest BCUT2D eigenvalue weighted by Gasteiger charge is 2.58. The van der Waals surface area contributed by atoms with E-state index in [1.165, 1.54) is 24.3 Å². The van der Waals surface area contributed by atoms with E-state index in [2.05, 4.69) is 0 Å². The monoisotopic (exact) mass is 200 g/mol. The van der Waals surface area contributed by atoms with Gasteiger partial charge in [0.15, 0.2) is 0 Å². The van der Waals surface area contributed by atoms with Crippen molar-refractivity contribution in [2.24, 2.45) is 11.3 Å². The first-order chi connectivity index (χ1) is 6.28. The zero-order valence-corrected chi connectivity index (χ0v) is 8.86. The van der Waals surface area contributed by atoms with Gasteiger partial charge in [-0.1, -0.05) is 0 Å². The van der Waals surface area contributed by atoms with E-state index >= 15 is 0 Å². The van der Waals surface area contributed by atoms with E-state index in [9.17, 15) is 4.79 Å². The summed E-state index contributed by atoms with van der Waals surface area (Å²) in [4.78, 5) is 11.4. The molecule has 0 aromatic rings. The number of rotatable bonds is 2. The summed E-state index contributed by atoms with van der Waals surface area (Å²) in [6.45, 7) is 2.41. The molecule has 0 amide bonds. The van der Waals surface area contributed by atoms with Crippen LogP contribution in [0.25, 0.3) is 0 Å². The van der Waals surface area contributed by atoms with Crippen LogP contribution in [-0.2, 0) is 9.53 Å². The molecule has 1 aliphatic heterocycles. The molecule has 2 fully saturated rings. The molecule has 1 saturated heterocycles. The van der Waals surface area contributed by atoms with Gasteiger partial charge in [0.05, 0.1) is 12.5 Å². The van der Waals surface area contributed by atoms with Crippen molar-refractivity contribution in [2.45, 2.75) is 26.2 Å². The molecule has 0 radical (unpaired) electrons. The van der Waals surface area contributed by atoms with Crippen LogP contribution in [0.4, 0.5) is 0 Å².